The summed E-state index contributed by atoms with van der Waals surface area (Å²) in [6.07, 6.45) is -8.66. The van der Waals surface area contributed by atoms with Crippen LogP contribution in [0.1, 0.15) is 36.9 Å². The van der Waals surface area contributed by atoms with Crippen molar-refractivity contribution >= 4 is 46.7 Å². The van der Waals surface area contributed by atoms with Gasteiger partial charge in [-0.1, -0.05) is 41.4 Å². The number of aromatic nitrogens is 1. The number of benzene rings is 2. The van der Waals surface area contributed by atoms with Gasteiger partial charge in [0.15, 0.2) is 5.82 Å². The van der Waals surface area contributed by atoms with Gasteiger partial charge < -0.3 is 9.84 Å². The third-order valence-corrected chi connectivity index (χ3v) is 10.8. The van der Waals surface area contributed by atoms with Gasteiger partial charge in [0.05, 0.1) is 33.9 Å². The number of pyridine rings is 1. The van der Waals surface area contributed by atoms with Crippen molar-refractivity contribution in [2.24, 2.45) is 29.1 Å². The van der Waals surface area contributed by atoms with E-state index in [1.165, 1.54) is 19.1 Å². The van der Waals surface area contributed by atoms with E-state index in [0.717, 1.165) is 41.2 Å². The number of hydrogen-bond acceptors (Lipinski definition) is 8. The molecule has 2 aliphatic heterocycles. The molecule has 4 aliphatic rings. The number of hydrogen-bond donors (Lipinski definition) is 1. The maximum absolute atomic E-state index is 14.5. The molecular formula is C35H27ClF6N4O6. The zero-order valence-corrected chi connectivity index (χ0v) is 27.8. The van der Waals surface area contributed by atoms with Crippen LogP contribution in [-0.2, 0) is 25.4 Å². The molecule has 2 saturated heterocycles. The number of nitrogens with zero attached hydrogens (tertiary/aromatic N) is 4. The van der Waals surface area contributed by atoms with Gasteiger partial charge in [-0.3, -0.25) is 24.2 Å². The highest BCUT2D eigenvalue weighted by atomic mass is 35.5. The molecule has 0 radical (unpaired) electrons. The van der Waals surface area contributed by atoms with Crippen LogP contribution in [0.3, 0.4) is 0 Å². The van der Waals surface area contributed by atoms with Gasteiger partial charge in [0.1, 0.15) is 17.2 Å². The van der Waals surface area contributed by atoms with E-state index in [1.807, 2.05) is 0 Å². The van der Waals surface area contributed by atoms with Crippen molar-refractivity contribution in [3.63, 3.8) is 0 Å². The van der Waals surface area contributed by atoms with E-state index < -0.39 is 94.2 Å². The minimum atomic E-state index is -5.11. The number of carbonyl (C=O) groups is 4. The van der Waals surface area contributed by atoms with Crippen LogP contribution < -0.4 is 14.6 Å². The van der Waals surface area contributed by atoms with Crippen LogP contribution in [-0.4, -0.2) is 52.1 Å². The predicted molar refractivity (Wildman–Crippen MR) is 170 cm³/mol. The van der Waals surface area contributed by atoms with Crippen LogP contribution in [0.25, 0.3) is 0 Å². The van der Waals surface area contributed by atoms with E-state index in [-0.39, 0.29) is 29.1 Å². The lowest BCUT2D eigenvalue weighted by Crippen LogP contribution is -2.49. The second kappa shape index (κ2) is 12.0. The molecule has 3 aromatic rings. The largest absolute Gasteiger partial charge is 0.573 e. The van der Waals surface area contributed by atoms with Gasteiger partial charge >= 0.3 is 12.5 Å². The number of allylic oxidation sites excluding steroid dienone is 2. The Morgan fingerprint density at radius 2 is 1.63 bits per heavy atom. The van der Waals surface area contributed by atoms with Crippen LogP contribution in [0.5, 0.6) is 11.5 Å². The maximum Gasteiger partial charge on any atom is 0.573 e. The standard InChI is InChI=1S/C35H27ClF6N4O6/c1-33-22(30(49)45(32(33)51)16-6-4-3-5-7-16)15-20-18(27(33)21-14-17(8-12-24(21)47)52-35(40,41)42)9-10-19-26(20)31(50)46(29(19)48)44(2)28-23(36)11-13-25(43-28)34(37,38)39/h3-9,11-14,19-20,22,26-27,47H,10,15H2,1-2H3/t19-,20+,22-,26-,27+,33+/m0/s1. The predicted octanol–water partition coefficient (Wildman–Crippen LogP) is 6.64. The normalized spacial score (nSPS) is 27.3. The fourth-order valence-electron chi connectivity index (χ4n) is 8.33. The highest BCUT2D eigenvalue weighted by Crippen LogP contribution is 2.64. The third-order valence-electron chi connectivity index (χ3n) is 10.5. The van der Waals surface area contributed by atoms with Gasteiger partial charge in [-0.2, -0.15) is 18.2 Å². The molecular weight excluding hydrogens is 722 g/mol. The van der Waals surface area contributed by atoms with Crippen molar-refractivity contribution in [3.05, 3.63) is 88.6 Å². The first kappa shape index (κ1) is 35.3. The Hall–Kier alpha value is -5.12. The monoisotopic (exact) mass is 748 g/mol. The van der Waals surface area contributed by atoms with Gasteiger partial charge in [-0.05, 0) is 68.1 Å². The molecule has 1 aromatic heterocycles. The lowest BCUT2D eigenvalue weighted by molar-refractivity contribution is -0.274. The number of halogens is 7. The molecule has 0 spiro atoms. The van der Waals surface area contributed by atoms with Crippen LogP contribution >= 0.6 is 11.6 Å². The summed E-state index contributed by atoms with van der Waals surface area (Å²) in [4.78, 5) is 61.5. The van der Waals surface area contributed by atoms with E-state index in [9.17, 15) is 50.6 Å². The first-order chi connectivity index (χ1) is 24.3. The van der Waals surface area contributed by atoms with Crippen molar-refractivity contribution in [1.82, 2.24) is 9.99 Å². The molecule has 1 saturated carbocycles. The topological polar surface area (TPSA) is 120 Å². The summed E-state index contributed by atoms with van der Waals surface area (Å²) in [6, 6.07) is 12.3. The fraction of sp³-hybridized carbons (Fsp3) is 0.343. The molecule has 272 valence electrons. The Bertz CT molecular complexity index is 2060. The van der Waals surface area contributed by atoms with E-state index in [4.69, 9.17) is 11.6 Å². The Labute approximate surface area is 296 Å². The number of hydrazine groups is 1. The smallest absolute Gasteiger partial charge is 0.508 e. The molecule has 3 heterocycles. The number of phenols is 1. The number of para-hydroxylation sites is 1. The molecule has 3 fully saturated rings. The van der Waals surface area contributed by atoms with Crippen molar-refractivity contribution in [2.45, 2.75) is 38.2 Å². The second-order valence-electron chi connectivity index (χ2n) is 13.3. The number of aromatic hydroxyl groups is 1. The highest BCUT2D eigenvalue weighted by Gasteiger charge is 2.68. The van der Waals surface area contributed by atoms with Crippen molar-refractivity contribution < 1.29 is 55.4 Å². The number of fused-ring (bicyclic) bond motifs is 4. The van der Waals surface area contributed by atoms with Crippen molar-refractivity contribution in [1.29, 1.82) is 0 Å². The second-order valence-corrected chi connectivity index (χ2v) is 13.7. The van der Waals surface area contributed by atoms with Gasteiger partial charge in [-0.15, -0.1) is 13.2 Å². The maximum atomic E-state index is 14.5. The Balaban J connectivity index is 1.35. The highest BCUT2D eigenvalue weighted by molar-refractivity contribution is 6.33. The summed E-state index contributed by atoms with van der Waals surface area (Å²) < 4.78 is 84.8. The summed E-state index contributed by atoms with van der Waals surface area (Å²) >= 11 is 6.19. The number of ether oxygens (including phenoxy) is 1. The number of anilines is 2. The number of imide groups is 2. The average Bonchev–Trinajstić information content (AvgIpc) is 3.44. The molecule has 17 heteroatoms. The minimum Gasteiger partial charge on any atom is -0.508 e. The van der Waals surface area contributed by atoms with Crippen LogP contribution in [0.4, 0.5) is 37.8 Å². The number of rotatable bonds is 5. The fourth-order valence-corrected chi connectivity index (χ4v) is 8.56. The lowest BCUT2D eigenvalue weighted by Gasteiger charge is -2.49. The SMILES string of the molecule is CN(c1nc(C(F)(F)F)ccc1Cl)N1C(=O)[C@H]2[C@H](CC=C3[C@H]2C[C@H]2C(=O)N(c4ccccc4)C(=O)[C@@]2(C)[C@H]3c2cc(OC(F)(F)F)ccc2O)C1=O. The first-order valence-electron chi connectivity index (χ1n) is 15.9. The zero-order chi connectivity index (χ0) is 37.7. The van der Waals surface area contributed by atoms with E-state index in [1.54, 1.807) is 24.3 Å². The Morgan fingerprint density at radius 1 is 0.942 bits per heavy atom. The van der Waals surface area contributed by atoms with E-state index in [0.29, 0.717) is 16.6 Å². The van der Waals surface area contributed by atoms with Gasteiger partial charge in [0.2, 0.25) is 11.8 Å². The van der Waals surface area contributed by atoms with Crippen LogP contribution in [0, 0.1) is 29.1 Å². The number of carbonyl (C=O) groups excluding carboxylic acids is 4. The molecule has 2 aromatic carbocycles. The number of alkyl halides is 6. The summed E-state index contributed by atoms with van der Waals surface area (Å²) in [6.45, 7) is 1.48. The molecule has 0 unspecified atom stereocenters. The minimum absolute atomic E-state index is 0.115. The van der Waals surface area contributed by atoms with Crippen LogP contribution in [0.15, 0.2) is 72.3 Å². The molecule has 2 aliphatic carbocycles. The molecule has 52 heavy (non-hydrogen) atoms. The van der Waals surface area contributed by atoms with E-state index >= 15 is 0 Å². The van der Waals surface area contributed by atoms with Crippen molar-refractivity contribution in [2.75, 3.05) is 17.0 Å². The lowest BCUT2D eigenvalue weighted by atomic mass is 9.51. The number of amides is 4. The summed E-state index contributed by atoms with van der Waals surface area (Å²) in [5.41, 5.74) is -2.64. The molecule has 0 bridgehead atoms. The summed E-state index contributed by atoms with van der Waals surface area (Å²) in [5, 5.41) is 12.4. The first-order valence-corrected chi connectivity index (χ1v) is 16.3. The van der Waals surface area contributed by atoms with E-state index in [2.05, 4.69) is 9.72 Å². The van der Waals surface area contributed by atoms with Gasteiger partial charge in [-0.25, -0.2) is 9.88 Å². The third kappa shape index (κ3) is 5.37. The molecule has 7 rings (SSSR count). The quantitative estimate of drug-likeness (QED) is 0.175. The molecule has 4 amide bonds. The van der Waals surface area contributed by atoms with Gasteiger partial charge in [0, 0.05) is 18.5 Å². The molecule has 10 nitrogen and oxygen atoms in total. The average molecular weight is 749 g/mol. The zero-order valence-electron chi connectivity index (χ0n) is 27.1. The Morgan fingerprint density at radius 3 is 2.29 bits per heavy atom. The summed E-state index contributed by atoms with van der Waals surface area (Å²) in [7, 11) is 1.15. The molecule has 1 N–H and O–H groups in total. The number of phenolic OH excluding ortho intramolecular Hbond substituents is 1. The summed E-state index contributed by atoms with van der Waals surface area (Å²) in [5.74, 6) is -10.4. The Kier molecular flexibility index (Phi) is 8.12. The van der Waals surface area contributed by atoms with Crippen LogP contribution in [0.2, 0.25) is 5.02 Å². The van der Waals surface area contributed by atoms with Crippen molar-refractivity contribution in [3.8, 4) is 11.5 Å². The van der Waals surface area contributed by atoms with Gasteiger partial charge in [0.25, 0.3) is 11.8 Å². The molecule has 6 atom stereocenters.